The molecule has 0 saturated heterocycles. The fraction of sp³-hybridized carbons (Fsp3) is 0.455. The zero-order valence-electron chi connectivity index (χ0n) is 9.45. The number of rotatable bonds is 5. The largest absolute Gasteiger partial charge is 0.466 e. The van der Waals surface area contributed by atoms with Gasteiger partial charge in [-0.2, -0.15) is 0 Å². The van der Waals surface area contributed by atoms with Gasteiger partial charge in [-0.1, -0.05) is 0 Å². The van der Waals surface area contributed by atoms with Gasteiger partial charge in [0.1, 0.15) is 0 Å². The number of aromatic nitrogens is 1. The maximum absolute atomic E-state index is 12.7. The summed E-state index contributed by atoms with van der Waals surface area (Å²) < 4.78 is 30.1. The van der Waals surface area contributed by atoms with Gasteiger partial charge in [-0.3, -0.25) is 9.78 Å². The Morgan fingerprint density at radius 2 is 2.24 bits per heavy atom. The van der Waals surface area contributed by atoms with Gasteiger partial charge in [0.25, 0.3) is 6.43 Å². The number of halogens is 2. The lowest BCUT2D eigenvalue weighted by atomic mass is 10.0. The number of esters is 1. The third-order valence-electron chi connectivity index (χ3n) is 2.26. The van der Waals surface area contributed by atoms with Crippen molar-refractivity contribution in [2.75, 3.05) is 6.61 Å². The summed E-state index contributed by atoms with van der Waals surface area (Å²) in [5.74, 6) is -0.476. The van der Waals surface area contributed by atoms with E-state index >= 15 is 0 Å². The van der Waals surface area contributed by atoms with Crippen molar-refractivity contribution in [3.63, 3.8) is 0 Å². The number of ether oxygens (including phenoxy) is 1. The van der Waals surface area contributed by atoms with Crippen LogP contribution in [0.2, 0.25) is 0 Å². The number of hydrogen-bond acceptors (Lipinski definition) is 4. The third kappa shape index (κ3) is 3.45. The van der Waals surface area contributed by atoms with Gasteiger partial charge in [0.15, 0.2) is 0 Å². The van der Waals surface area contributed by atoms with Crippen molar-refractivity contribution >= 4 is 5.97 Å². The number of carbonyl (C=O) groups excluding carboxylic acids is 1. The maximum atomic E-state index is 12.7. The predicted octanol–water partition coefficient (Wildman–Crippen LogP) is 1.58. The van der Waals surface area contributed by atoms with Crippen molar-refractivity contribution < 1.29 is 18.3 Å². The molecule has 0 unspecified atom stereocenters. The quantitative estimate of drug-likeness (QED) is 0.799. The van der Waals surface area contributed by atoms with Gasteiger partial charge < -0.3 is 10.5 Å². The van der Waals surface area contributed by atoms with E-state index in [1.165, 1.54) is 6.20 Å². The minimum atomic E-state index is -2.65. The summed E-state index contributed by atoms with van der Waals surface area (Å²) in [5, 5.41) is 0. The highest BCUT2D eigenvalue weighted by Crippen LogP contribution is 2.24. The summed E-state index contributed by atoms with van der Waals surface area (Å²) in [5.41, 5.74) is 5.86. The Morgan fingerprint density at radius 1 is 1.53 bits per heavy atom. The summed E-state index contributed by atoms with van der Waals surface area (Å²) in [6.07, 6.45) is -0.302. The molecule has 0 atom stereocenters. The molecule has 0 aliphatic rings. The van der Waals surface area contributed by atoms with Crippen molar-refractivity contribution in [3.05, 3.63) is 29.1 Å². The molecule has 6 heteroatoms. The summed E-state index contributed by atoms with van der Waals surface area (Å²) >= 11 is 0. The van der Waals surface area contributed by atoms with Crippen LogP contribution < -0.4 is 5.73 Å². The van der Waals surface area contributed by atoms with E-state index in [1.54, 1.807) is 6.92 Å². The second kappa shape index (κ2) is 6.24. The number of alkyl halides is 2. The van der Waals surface area contributed by atoms with Crippen LogP contribution in [0.4, 0.5) is 8.78 Å². The normalized spacial score (nSPS) is 10.6. The zero-order chi connectivity index (χ0) is 12.8. The molecule has 1 heterocycles. The molecule has 0 radical (unpaired) electrons. The monoisotopic (exact) mass is 244 g/mol. The summed E-state index contributed by atoms with van der Waals surface area (Å²) in [6.45, 7) is 1.87. The molecule has 0 aliphatic carbocycles. The molecule has 0 saturated carbocycles. The molecule has 0 bridgehead atoms. The van der Waals surface area contributed by atoms with Crippen LogP contribution >= 0.6 is 0 Å². The molecule has 0 spiro atoms. The number of pyridine rings is 1. The van der Waals surface area contributed by atoms with E-state index in [0.717, 1.165) is 6.20 Å². The Hall–Kier alpha value is -1.56. The summed E-state index contributed by atoms with van der Waals surface area (Å²) in [4.78, 5) is 15.0. The maximum Gasteiger partial charge on any atom is 0.310 e. The van der Waals surface area contributed by atoms with Crippen LogP contribution in [-0.2, 0) is 22.5 Å². The van der Waals surface area contributed by atoms with E-state index in [4.69, 9.17) is 10.5 Å². The topological polar surface area (TPSA) is 65.2 Å². The number of hydrogen-bond donors (Lipinski definition) is 1. The van der Waals surface area contributed by atoms with Crippen LogP contribution in [0.5, 0.6) is 0 Å². The first kappa shape index (κ1) is 13.5. The predicted molar refractivity (Wildman–Crippen MR) is 57.4 cm³/mol. The molecular formula is C11H14F2N2O2. The molecule has 2 N–H and O–H groups in total. The minimum absolute atomic E-state index is 0.0586. The van der Waals surface area contributed by atoms with Crippen LogP contribution in [0.3, 0.4) is 0 Å². The Bertz CT molecular complexity index is 397. The molecule has 0 amide bonds. The van der Waals surface area contributed by atoms with Gasteiger partial charge in [-0.25, -0.2) is 8.78 Å². The number of nitrogens with zero attached hydrogens (tertiary/aromatic N) is 1. The molecule has 0 fully saturated rings. The van der Waals surface area contributed by atoms with Gasteiger partial charge in [-0.05, 0) is 18.1 Å². The van der Waals surface area contributed by atoms with E-state index in [1.807, 2.05) is 0 Å². The van der Waals surface area contributed by atoms with Crippen molar-refractivity contribution in [1.82, 2.24) is 4.98 Å². The second-order valence-corrected chi connectivity index (χ2v) is 3.35. The average molecular weight is 244 g/mol. The van der Waals surface area contributed by atoms with E-state index in [0.29, 0.717) is 5.56 Å². The Labute approximate surface area is 97.8 Å². The molecular weight excluding hydrogens is 230 g/mol. The smallest absolute Gasteiger partial charge is 0.310 e. The van der Waals surface area contributed by atoms with Crippen LogP contribution in [-0.4, -0.2) is 17.6 Å². The van der Waals surface area contributed by atoms with Gasteiger partial charge in [0, 0.05) is 24.5 Å². The number of carbonyl (C=O) groups is 1. The highest BCUT2D eigenvalue weighted by Gasteiger charge is 2.17. The minimum Gasteiger partial charge on any atom is -0.466 e. The molecule has 1 rings (SSSR count). The molecule has 0 aromatic carbocycles. The first-order chi connectivity index (χ1) is 8.10. The van der Waals surface area contributed by atoms with Crippen molar-refractivity contribution in [2.45, 2.75) is 26.3 Å². The first-order valence-electron chi connectivity index (χ1n) is 5.19. The molecule has 1 aromatic rings. The fourth-order valence-electron chi connectivity index (χ4n) is 1.51. The highest BCUT2D eigenvalue weighted by molar-refractivity contribution is 5.73. The van der Waals surface area contributed by atoms with Crippen molar-refractivity contribution in [1.29, 1.82) is 0 Å². The molecule has 1 aromatic heterocycles. The Morgan fingerprint density at radius 3 is 2.76 bits per heavy atom. The number of nitrogens with two attached hydrogens (primary N) is 1. The van der Waals surface area contributed by atoms with Crippen molar-refractivity contribution in [3.8, 4) is 0 Å². The fourth-order valence-corrected chi connectivity index (χ4v) is 1.51. The lowest BCUT2D eigenvalue weighted by Crippen LogP contribution is -2.13. The standard InChI is InChI=1S/C11H14F2N2O2/c1-2-17-10(16)3-7-5-15-6-9(11(12)13)8(7)4-14/h5-6,11H,2-4,14H2,1H3. The van der Waals surface area contributed by atoms with Crippen LogP contribution in [0.15, 0.2) is 12.4 Å². The summed E-state index contributed by atoms with van der Waals surface area (Å²) in [7, 11) is 0. The van der Waals surface area contributed by atoms with Crippen molar-refractivity contribution in [2.24, 2.45) is 5.73 Å². The molecule has 94 valence electrons. The van der Waals surface area contributed by atoms with Gasteiger partial charge >= 0.3 is 5.97 Å². The van der Waals surface area contributed by atoms with Crippen LogP contribution in [0.1, 0.15) is 30.0 Å². The van der Waals surface area contributed by atoms with Crippen LogP contribution in [0, 0.1) is 0 Å². The average Bonchev–Trinajstić information content (AvgIpc) is 2.28. The zero-order valence-corrected chi connectivity index (χ0v) is 9.45. The first-order valence-corrected chi connectivity index (χ1v) is 5.19. The van der Waals surface area contributed by atoms with E-state index < -0.39 is 12.4 Å². The molecule has 0 aliphatic heterocycles. The van der Waals surface area contributed by atoms with E-state index in [-0.39, 0.29) is 30.7 Å². The second-order valence-electron chi connectivity index (χ2n) is 3.35. The SMILES string of the molecule is CCOC(=O)Cc1cncc(C(F)F)c1CN. The lowest BCUT2D eigenvalue weighted by molar-refractivity contribution is -0.142. The Kier molecular flexibility index (Phi) is 4.96. The van der Waals surface area contributed by atoms with E-state index in [9.17, 15) is 13.6 Å². The Balaban J connectivity index is 2.99. The lowest BCUT2D eigenvalue weighted by Gasteiger charge is -2.11. The third-order valence-corrected chi connectivity index (χ3v) is 2.26. The van der Waals surface area contributed by atoms with E-state index in [2.05, 4.69) is 4.98 Å². The molecule has 17 heavy (non-hydrogen) atoms. The molecule has 4 nitrogen and oxygen atoms in total. The van der Waals surface area contributed by atoms with Gasteiger partial charge in [0.2, 0.25) is 0 Å². The summed E-state index contributed by atoms with van der Waals surface area (Å²) in [6, 6.07) is 0. The van der Waals surface area contributed by atoms with Gasteiger partial charge in [-0.15, -0.1) is 0 Å². The van der Waals surface area contributed by atoms with Crippen LogP contribution in [0.25, 0.3) is 0 Å². The van der Waals surface area contributed by atoms with Gasteiger partial charge in [0.05, 0.1) is 13.0 Å². The highest BCUT2D eigenvalue weighted by atomic mass is 19.3.